The Morgan fingerprint density at radius 3 is 2.58 bits per heavy atom. The zero-order valence-corrected chi connectivity index (χ0v) is 18.9. The number of amides is 1. The molecule has 158 valence electrons. The number of rotatable bonds is 7. The molecule has 0 unspecified atom stereocenters. The topological polar surface area (TPSA) is 64.0 Å². The van der Waals surface area contributed by atoms with E-state index in [1.807, 2.05) is 49.6 Å². The molecule has 0 atom stereocenters. The normalized spacial score (nSPS) is 11.4. The van der Waals surface area contributed by atoms with Crippen molar-refractivity contribution in [2.24, 2.45) is 5.10 Å². The molecular weight excluding hydrogens is 430 g/mol. The molecule has 0 saturated heterocycles. The minimum Gasteiger partial charge on any atom is -0.497 e. The summed E-state index contributed by atoms with van der Waals surface area (Å²) in [4.78, 5) is 18.9. The highest BCUT2D eigenvalue weighted by Gasteiger charge is 2.21. The van der Waals surface area contributed by atoms with E-state index < -0.39 is 0 Å². The van der Waals surface area contributed by atoms with Crippen LogP contribution < -0.4 is 14.5 Å². The van der Waals surface area contributed by atoms with Gasteiger partial charge in [0, 0.05) is 10.4 Å². The number of benzene rings is 2. The maximum atomic E-state index is 13.4. The Balaban J connectivity index is 1.69. The Hall–Kier alpha value is -3.23. The van der Waals surface area contributed by atoms with Crippen LogP contribution in [-0.2, 0) is 0 Å². The van der Waals surface area contributed by atoms with Crippen LogP contribution in [0.2, 0.25) is 0 Å². The van der Waals surface area contributed by atoms with Gasteiger partial charge in [0.25, 0.3) is 5.91 Å². The Labute approximate surface area is 188 Å². The van der Waals surface area contributed by atoms with Crippen molar-refractivity contribution >= 4 is 50.1 Å². The number of carbonyl (C=O) groups excluding carboxylic acids is 1. The van der Waals surface area contributed by atoms with Gasteiger partial charge in [-0.05, 0) is 67.8 Å². The van der Waals surface area contributed by atoms with Gasteiger partial charge in [-0.25, -0.2) is 4.98 Å². The zero-order chi connectivity index (χ0) is 21.8. The van der Waals surface area contributed by atoms with Crippen LogP contribution in [0.3, 0.4) is 0 Å². The van der Waals surface area contributed by atoms with E-state index in [2.05, 4.69) is 10.1 Å². The highest BCUT2D eigenvalue weighted by molar-refractivity contribution is 7.22. The van der Waals surface area contributed by atoms with E-state index in [4.69, 9.17) is 9.47 Å². The minimum absolute atomic E-state index is 0.0631. The molecule has 0 aliphatic carbocycles. The zero-order valence-electron chi connectivity index (χ0n) is 17.3. The van der Waals surface area contributed by atoms with Crippen LogP contribution in [0.1, 0.15) is 29.1 Å². The fourth-order valence-corrected chi connectivity index (χ4v) is 4.38. The van der Waals surface area contributed by atoms with E-state index in [1.165, 1.54) is 16.3 Å². The van der Waals surface area contributed by atoms with Crippen molar-refractivity contribution in [3.05, 3.63) is 70.4 Å². The quantitative estimate of drug-likeness (QED) is 0.262. The standard InChI is InChI=1S/C23H21N3O3S2/c1-15(2)29-17-8-6-16(7-9-17)22(27)26(24-14-19-5-4-12-30-19)23-25-20-11-10-18(28-3)13-21(20)31-23/h4-15H,1-3H3/b24-14+. The van der Waals surface area contributed by atoms with E-state index in [0.29, 0.717) is 16.4 Å². The molecule has 0 radical (unpaired) electrons. The molecule has 8 heteroatoms. The minimum atomic E-state index is -0.269. The Morgan fingerprint density at radius 1 is 1.13 bits per heavy atom. The van der Waals surface area contributed by atoms with E-state index >= 15 is 0 Å². The highest BCUT2D eigenvalue weighted by atomic mass is 32.1. The van der Waals surface area contributed by atoms with Crippen molar-refractivity contribution in [3.63, 3.8) is 0 Å². The molecule has 31 heavy (non-hydrogen) atoms. The van der Waals surface area contributed by atoms with Crippen LogP contribution in [-0.4, -0.2) is 30.3 Å². The molecule has 0 N–H and O–H groups in total. The lowest BCUT2D eigenvalue weighted by atomic mass is 10.2. The molecule has 0 spiro atoms. The van der Waals surface area contributed by atoms with Gasteiger partial charge in [-0.1, -0.05) is 17.4 Å². The summed E-state index contributed by atoms with van der Waals surface area (Å²) in [6, 6.07) is 16.6. The summed E-state index contributed by atoms with van der Waals surface area (Å²) in [6.07, 6.45) is 1.74. The maximum Gasteiger partial charge on any atom is 0.280 e. The van der Waals surface area contributed by atoms with Crippen LogP contribution >= 0.6 is 22.7 Å². The monoisotopic (exact) mass is 451 g/mol. The lowest BCUT2D eigenvalue weighted by molar-refractivity contribution is 0.0988. The second-order valence-corrected chi connectivity index (χ2v) is 8.89. The fourth-order valence-electron chi connectivity index (χ4n) is 2.85. The van der Waals surface area contributed by atoms with Gasteiger partial charge >= 0.3 is 0 Å². The molecule has 2 aromatic carbocycles. The largest absolute Gasteiger partial charge is 0.497 e. The molecule has 2 heterocycles. The van der Waals surface area contributed by atoms with Crippen molar-refractivity contribution < 1.29 is 14.3 Å². The predicted molar refractivity (Wildman–Crippen MR) is 127 cm³/mol. The van der Waals surface area contributed by atoms with Crippen LogP contribution in [0.5, 0.6) is 11.5 Å². The average molecular weight is 452 g/mol. The number of aromatic nitrogens is 1. The number of thiophene rings is 1. The summed E-state index contributed by atoms with van der Waals surface area (Å²) < 4.78 is 11.9. The summed E-state index contributed by atoms with van der Waals surface area (Å²) >= 11 is 2.93. The molecule has 2 aromatic heterocycles. The summed E-state index contributed by atoms with van der Waals surface area (Å²) in [5.41, 5.74) is 1.28. The van der Waals surface area contributed by atoms with Crippen molar-refractivity contribution in [1.82, 2.24) is 4.98 Å². The van der Waals surface area contributed by atoms with Gasteiger partial charge in [-0.15, -0.1) is 11.3 Å². The lowest BCUT2D eigenvalue weighted by Gasteiger charge is -2.14. The summed E-state index contributed by atoms with van der Waals surface area (Å²) in [7, 11) is 1.62. The summed E-state index contributed by atoms with van der Waals surface area (Å²) in [5, 5.41) is 8.27. The van der Waals surface area contributed by atoms with Crippen LogP contribution in [0.25, 0.3) is 10.2 Å². The molecule has 0 aliphatic rings. The van der Waals surface area contributed by atoms with Gasteiger partial charge in [0.15, 0.2) is 0 Å². The van der Waals surface area contributed by atoms with Crippen molar-refractivity contribution in [3.8, 4) is 11.5 Å². The number of anilines is 1. The smallest absolute Gasteiger partial charge is 0.280 e. The second kappa shape index (κ2) is 9.28. The van der Waals surface area contributed by atoms with Crippen LogP contribution in [0.15, 0.2) is 65.1 Å². The number of carbonyl (C=O) groups is 1. The Kier molecular flexibility index (Phi) is 6.29. The first kappa shape index (κ1) is 21.0. The number of nitrogens with zero attached hydrogens (tertiary/aromatic N) is 3. The van der Waals surface area contributed by atoms with Gasteiger partial charge in [0.1, 0.15) is 11.5 Å². The Bertz CT molecular complexity index is 1200. The number of methoxy groups -OCH3 is 1. The number of ether oxygens (including phenoxy) is 2. The third kappa shape index (κ3) is 4.92. The highest BCUT2D eigenvalue weighted by Crippen LogP contribution is 2.32. The predicted octanol–water partition coefficient (Wildman–Crippen LogP) is 5.83. The van der Waals surface area contributed by atoms with Crippen molar-refractivity contribution in [2.45, 2.75) is 20.0 Å². The van der Waals surface area contributed by atoms with Gasteiger partial charge in [-0.2, -0.15) is 10.1 Å². The first-order valence-corrected chi connectivity index (χ1v) is 11.4. The third-order valence-corrected chi connectivity index (χ3v) is 6.08. The molecule has 0 saturated carbocycles. The van der Waals surface area contributed by atoms with Gasteiger partial charge in [0.2, 0.25) is 5.13 Å². The number of hydrazone groups is 1. The molecule has 4 rings (SSSR count). The van der Waals surface area contributed by atoms with E-state index in [1.54, 1.807) is 48.9 Å². The fraction of sp³-hybridized carbons (Fsp3) is 0.174. The molecule has 1 amide bonds. The number of fused-ring (bicyclic) bond motifs is 1. The molecule has 4 aromatic rings. The van der Waals surface area contributed by atoms with Crippen LogP contribution in [0.4, 0.5) is 5.13 Å². The van der Waals surface area contributed by atoms with E-state index in [9.17, 15) is 4.79 Å². The van der Waals surface area contributed by atoms with Crippen LogP contribution in [0, 0.1) is 0 Å². The molecular formula is C23H21N3O3S2. The van der Waals surface area contributed by atoms with E-state index in [-0.39, 0.29) is 12.0 Å². The van der Waals surface area contributed by atoms with Gasteiger partial charge in [-0.3, -0.25) is 4.79 Å². The summed E-state index contributed by atoms with van der Waals surface area (Å²) in [6.45, 7) is 3.92. The first-order chi connectivity index (χ1) is 15.0. The van der Waals surface area contributed by atoms with Crippen molar-refractivity contribution in [1.29, 1.82) is 0 Å². The number of hydrogen-bond acceptors (Lipinski definition) is 7. The Morgan fingerprint density at radius 2 is 1.90 bits per heavy atom. The summed E-state index contributed by atoms with van der Waals surface area (Å²) in [5.74, 6) is 1.19. The van der Waals surface area contributed by atoms with E-state index in [0.717, 1.165) is 20.8 Å². The molecule has 0 bridgehead atoms. The second-order valence-electron chi connectivity index (χ2n) is 6.90. The van der Waals surface area contributed by atoms with Crippen molar-refractivity contribution in [2.75, 3.05) is 12.1 Å². The van der Waals surface area contributed by atoms with Gasteiger partial charge < -0.3 is 9.47 Å². The molecule has 6 nitrogen and oxygen atoms in total. The molecule has 0 fully saturated rings. The van der Waals surface area contributed by atoms with Gasteiger partial charge in [0.05, 0.1) is 29.6 Å². The number of hydrogen-bond donors (Lipinski definition) is 0. The number of thiazole rings is 1. The molecule has 0 aliphatic heterocycles. The SMILES string of the molecule is COc1ccc2nc(N(/N=C/c3cccs3)C(=O)c3ccc(OC(C)C)cc3)sc2c1. The maximum absolute atomic E-state index is 13.4. The third-order valence-electron chi connectivity index (χ3n) is 4.27. The lowest BCUT2D eigenvalue weighted by Crippen LogP contribution is -2.25. The average Bonchev–Trinajstić information content (AvgIpc) is 3.43. The first-order valence-electron chi connectivity index (χ1n) is 9.67.